The zero-order chi connectivity index (χ0) is 17.4. The zero-order valence-electron chi connectivity index (χ0n) is 13.7. The van der Waals surface area contributed by atoms with Crippen LogP contribution >= 0.6 is 0 Å². The Morgan fingerprint density at radius 2 is 1.96 bits per heavy atom. The molecule has 0 unspecified atom stereocenters. The number of rotatable bonds is 3. The van der Waals surface area contributed by atoms with Crippen molar-refractivity contribution in [3.63, 3.8) is 0 Å². The second-order valence-corrected chi connectivity index (χ2v) is 8.81. The van der Waals surface area contributed by atoms with Crippen molar-refractivity contribution in [2.45, 2.75) is 30.6 Å². The quantitative estimate of drug-likeness (QED) is 0.872. The summed E-state index contributed by atoms with van der Waals surface area (Å²) in [5.41, 5.74) is 0.370. The predicted molar refractivity (Wildman–Crippen MR) is 89.1 cm³/mol. The molecule has 0 saturated carbocycles. The molecule has 3 rings (SSSR count). The fraction of sp³-hybridized carbons (Fsp3) is 0.529. The maximum absolute atomic E-state index is 12.5. The summed E-state index contributed by atoms with van der Waals surface area (Å²) in [7, 11) is -3.23. The first-order chi connectivity index (χ1) is 11.3. The first kappa shape index (κ1) is 17.0. The molecule has 24 heavy (non-hydrogen) atoms. The maximum atomic E-state index is 12.5. The van der Waals surface area contributed by atoms with E-state index < -0.39 is 15.3 Å². The van der Waals surface area contributed by atoms with Crippen LogP contribution in [0.1, 0.15) is 24.8 Å². The van der Waals surface area contributed by atoms with Crippen LogP contribution < -0.4 is 5.32 Å². The number of carbonyl (C=O) groups excluding carboxylic acids is 2. The van der Waals surface area contributed by atoms with Gasteiger partial charge in [0.15, 0.2) is 9.84 Å². The van der Waals surface area contributed by atoms with Crippen LogP contribution in [-0.2, 0) is 25.8 Å². The Kier molecular flexibility index (Phi) is 4.38. The van der Waals surface area contributed by atoms with E-state index in [2.05, 4.69) is 5.32 Å². The smallest absolute Gasteiger partial charge is 0.228 e. The summed E-state index contributed by atoms with van der Waals surface area (Å²) < 4.78 is 22.9. The van der Waals surface area contributed by atoms with Gasteiger partial charge in [-0.05, 0) is 37.0 Å². The van der Waals surface area contributed by atoms with Gasteiger partial charge in [-0.15, -0.1) is 0 Å². The molecule has 0 bridgehead atoms. The lowest BCUT2D eigenvalue weighted by Crippen LogP contribution is -2.48. The topological polar surface area (TPSA) is 83.6 Å². The van der Waals surface area contributed by atoms with E-state index in [4.69, 9.17) is 0 Å². The van der Waals surface area contributed by atoms with E-state index in [1.165, 1.54) is 12.1 Å². The van der Waals surface area contributed by atoms with E-state index in [-0.39, 0.29) is 23.1 Å². The SMILES string of the molecule is CS(=O)(=O)c1ccc(CC(=O)N2CC[C@@]3(CCCNC3=O)C2)cc1. The number of nitrogens with one attached hydrogen (secondary N) is 1. The first-order valence-corrected chi connectivity index (χ1v) is 10.0. The molecule has 2 heterocycles. The molecule has 130 valence electrons. The van der Waals surface area contributed by atoms with Gasteiger partial charge in [0, 0.05) is 25.9 Å². The summed E-state index contributed by atoms with van der Waals surface area (Å²) in [4.78, 5) is 26.7. The van der Waals surface area contributed by atoms with E-state index in [1.807, 2.05) is 0 Å². The molecule has 0 aromatic heterocycles. The van der Waals surface area contributed by atoms with E-state index >= 15 is 0 Å². The second-order valence-electron chi connectivity index (χ2n) is 6.80. The van der Waals surface area contributed by atoms with Crippen LogP contribution in [0.3, 0.4) is 0 Å². The minimum absolute atomic E-state index is 0.0163. The number of amides is 2. The highest BCUT2D eigenvalue weighted by atomic mass is 32.2. The summed E-state index contributed by atoms with van der Waals surface area (Å²) >= 11 is 0. The zero-order valence-corrected chi connectivity index (χ0v) is 14.6. The molecule has 2 saturated heterocycles. The van der Waals surface area contributed by atoms with Crippen LogP contribution in [0.2, 0.25) is 0 Å². The summed E-state index contributed by atoms with van der Waals surface area (Å²) in [6.45, 7) is 1.81. The monoisotopic (exact) mass is 350 g/mol. The number of sulfone groups is 1. The van der Waals surface area contributed by atoms with Gasteiger partial charge in [0.2, 0.25) is 11.8 Å². The third-order valence-electron chi connectivity index (χ3n) is 5.01. The lowest BCUT2D eigenvalue weighted by atomic mass is 9.79. The molecular formula is C17H22N2O4S. The van der Waals surface area contributed by atoms with Crippen molar-refractivity contribution < 1.29 is 18.0 Å². The lowest BCUT2D eigenvalue weighted by Gasteiger charge is -2.32. The summed E-state index contributed by atoms with van der Waals surface area (Å²) in [6.07, 6.45) is 3.90. The third-order valence-corrected chi connectivity index (χ3v) is 6.14. The number of hydrogen-bond donors (Lipinski definition) is 1. The van der Waals surface area contributed by atoms with Gasteiger partial charge >= 0.3 is 0 Å². The first-order valence-electron chi connectivity index (χ1n) is 8.15. The van der Waals surface area contributed by atoms with Gasteiger partial charge in [-0.2, -0.15) is 0 Å². The molecule has 1 atom stereocenters. The second kappa shape index (κ2) is 6.20. The molecule has 2 fully saturated rings. The van der Waals surface area contributed by atoms with Crippen molar-refractivity contribution in [3.8, 4) is 0 Å². The van der Waals surface area contributed by atoms with Crippen LogP contribution in [0.5, 0.6) is 0 Å². The molecule has 1 N–H and O–H groups in total. The average molecular weight is 350 g/mol. The standard InChI is InChI=1S/C17H22N2O4S/c1-24(22,23)14-5-3-13(4-6-14)11-15(20)19-10-8-17(12-19)7-2-9-18-16(17)21/h3-6H,2,7-12H2,1H3,(H,18,21)/t17-/m0/s1. The Balaban J connectivity index is 1.65. The minimum atomic E-state index is -3.23. The van der Waals surface area contributed by atoms with Gasteiger partial charge < -0.3 is 10.2 Å². The Bertz CT molecular complexity index is 757. The molecule has 0 aliphatic carbocycles. The highest BCUT2D eigenvalue weighted by Crippen LogP contribution is 2.37. The maximum Gasteiger partial charge on any atom is 0.228 e. The molecule has 2 aliphatic rings. The number of piperidine rings is 1. The highest BCUT2D eigenvalue weighted by Gasteiger charge is 2.46. The van der Waals surface area contributed by atoms with Crippen LogP contribution in [0.25, 0.3) is 0 Å². The minimum Gasteiger partial charge on any atom is -0.356 e. The van der Waals surface area contributed by atoms with E-state index in [9.17, 15) is 18.0 Å². The Morgan fingerprint density at radius 3 is 2.58 bits per heavy atom. The van der Waals surface area contributed by atoms with E-state index in [0.717, 1.165) is 37.6 Å². The number of carbonyl (C=O) groups is 2. The summed E-state index contributed by atoms with van der Waals surface area (Å²) in [5, 5.41) is 2.91. The number of hydrogen-bond acceptors (Lipinski definition) is 4. The fourth-order valence-electron chi connectivity index (χ4n) is 3.55. The average Bonchev–Trinajstić information content (AvgIpc) is 2.95. The predicted octanol–water partition coefficient (Wildman–Crippen LogP) is 0.761. The molecule has 7 heteroatoms. The normalized spacial score (nSPS) is 24.2. The van der Waals surface area contributed by atoms with Crippen molar-refractivity contribution in [2.24, 2.45) is 5.41 Å². The summed E-state index contributed by atoms with van der Waals surface area (Å²) in [6, 6.07) is 6.40. The van der Waals surface area contributed by atoms with Crippen molar-refractivity contribution in [2.75, 3.05) is 25.9 Å². The van der Waals surface area contributed by atoms with Gasteiger partial charge in [-0.1, -0.05) is 12.1 Å². The van der Waals surface area contributed by atoms with Gasteiger partial charge in [0.1, 0.15) is 0 Å². The van der Waals surface area contributed by atoms with Gasteiger partial charge in [-0.3, -0.25) is 9.59 Å². The fourth-order valence-corrected chi connectivity index (χ4v) is 4.18. The van der Waals surface area contributed by atoms with E-state index in [1.54, 1.807) is 17.0 Å². The van der Waals surface area contributed by atoms with Crippen molar-refractivity contribution >= 4 is 21.7 Å². The molecule has 6 nitrogen and oxygen atoms in total. The number of benzene rings is 1. The number of likely N-dealkylation sites (tertiary alicyclic amines) is 1. The number of nitrogens with zero attached hydrogens (tertiary/aromatic N) is 1. The van der Waals surface area contributed by atoms with Crippen LogP contribution in [0, 0.1) is 5.41 Å². The Labute approximate surface area is 142 Å². The molecule has 2 amide bonds. The van der Waals surface area contributed by atoms with Gasteiger partial charge in [0.25, 0.3) is 0 Å². The van der Waals surface area contributed by atoms with Crippen molar-refractivity contribution in [1.82, 2.24) is 10.2 Å². The largest absolute Gasteiger partial charge is 0.356 e. The van der Waals surface area contributed by atoms with Crippen molar-refractivity contribution in [3.05, 3.63) is 29.8 Å². The van der Waals surface area contributed by atoms with Crippen LogP contribution in [0.15, 0.2) is 29.2 Å². The Morgan fingerprint density at radius 1 is 1.25 bits per heavy atom. The summed E-state index contributed by atoms with van der Waals surface area (Å²) in [5.74, 6) is 0.0545. The molecule has 2 aliphatic heterocycles. The molecule has 0 radical (unpaired) electrons. The molecule has 1 spiro atoms. The van der Waals surface area contributed by atoms with Crippen LogP contribution in [-0.4, -0.2) is 51.0 Å². The highest BCUT2D eigenvalue weighted by molar-refractivity contribution is 7.90. The molecule has 1 aromatic rings. The third kappa shape index (κ3) is 3.31. The van der Waals surface area contributed by atoms with Gasteiger partial charge in [-0.25, -0.2) is 8.42 Å². The van der Waals surface area contributed by atoms with Gasteiger partial charge in [0.05, 0.1) is 16.7 Å². The van der Waals surface area contributed by atoms with E-state index in [0.29, 0.717) is 13.1 Å². The van der Waals surface area contributed by atoms with Crippen LogP contribution in [0.4, 0.5) is 0 Å². The lowest BCUT2D eigenvalue weighted by molar-refractivity contribution is -0.134. The molecule has 1 aromatic carbocycles. The Hall–Kier alpha value is -1.89. The molecular weight excluding hydrogens is 328 g/mol. The van der Waals surface area contributed by atoms with Crippen molar-refractivity contribution in [1.29, 1.82) is 0 Å².